The van der Waals surface area contributed by atoms with Gasteiger partial charge in [-0.05, 0) is 31.0 Å². The molecule has 164 valence electrons. The van der Waals surface area contributed by atoms with Gasteiger partial charge in [0.1, 0.15) is 4.90 Å². The van der Waals surface area contributed by atoms with Crippen LogP contribution in [-0.2, 0) is 29.9 Å². The van der Waals surface area contributed by atoms with Crippen molar-refractivity contribution in [2.75, 3.05) is 37.7 Å². The number of benzene rings is 1. The molecule has 0 bridgehead atoms. The average molecular weight is 474 g/mol. The molecule has 0 radical (unpaired) electrons. The highest BCUT2D eigenvalue weighted by molar-refractivity contribution is 7.95. The molecule has 1 atom stereocenters. The number of nitrogens with zero attached hydrogens (tertiary/aromatic N) is 3. The predicted octanol–water partition coefficient (Wildman–Crippen LogP) is 0.366. The minimum atomic E-state index is -3.85. The minimum Gasteiger partial charge on any atom is -0.255 e. The molecule has 2 fully saturated rings. The molecule has 1 aromatic carbocycles. The monoisotopic (exact) mass is 473 g/mol. The standard InChI is InChI=1S/C18H23N3O6S3/c1-14-11-15-3-2-4-17(18(15)19-12-14)30(26,27)21-8-6-20(7-9-21)29(24,25)16-5-10-28(22,23)13-16/h2-4,11-12,16H,5-10,13H2,1H3. The second kappa shape index (κ2) is 7.52. The van der Waals surface area contributed by atoms with Crippen molar-refractivity contribution in [3.05, 3.63) is 36.0 Å². The molecule has 3 heterocycles. The number of aromatic nitrogens is 1. The van der Waals surface area contributed by atoms with E-state index in [4.69, 9.17) is 0 Å². The quantitative estimate of drug-likeness (QED) is 0.629. The number of hydrogen-bond donors (Lipinski definition) is 0. The second-order valence-electron chi connectivity index (χ2n) is 7.71. The normalized spacial score (nSPS) is 23.7. The molecule has 2 aliphatic heterocycles. The maximum atomic E-state index is 13.2. The second-order valence-corrected chi connectivity index (χ2v) is 14.1. The van der Waals surface area contributed by atoms with Crippen molar-refractivity contribution in [1.82, 2.24) is 13.6 Å². The van der Waals surface area contributed by atoms with Gasteiger partial charge in [0.15, 0.2) is 9.84 Å². The van der Waals surface area contributed by atoms with Gasteiger partial charge in [-0.15, -0.1) is 0 Å². The zero-order valence-electron chi connectivity index (χ0n) is 16.4. The van der Waals surface area contributed by atoms with E-state index in [-0.39, 0.29) is 49.0 Å². The van der Waals surface area contributed by atoms with Crippen molar-refractivity contribution in [3.8, 4) is 0 Å². The molecule has 1 aromatic heterocycles. The first kappa shape index (κ1) is 21.6. The van der Waals surface area contributed by atoms with Crippen LogP contribution in [0.2, 0.25) is 0 Å². The van der Waals surface area contributed by atoms with Gasteiger partial charge in [0.2, 0.25) is 20.0 Å². The summed E-state index contributed by atoms with van der Waals surface area (Å²) in [6.45, 7) is 1.88. The topological polar surface area (TPSA) is 122 Å². The zero-order valence-corrected chi connectivity index (χ0v) is 18.9. The summed E-state index contributed by atoms with van der Waals surface area (Å²) >= 11 is 0. The summed E-state index contributed by atoms with van der Waals surface area (Å²) < 4.78 is 77.8. The number of sulfonamides is 2. The minimum absolute atomic E-state index is 0.00326. The largest absolute Gasteiger partial charge is 0.255 e. The molecule has 2 aliphatic rings. The Labute approximate surface area is 176 Å². The van der Waals surface area contributed by atoms with Crippen LogP contribution in [-0.4, -0.2) is 81.8 Å². The van der Waals surface area contributed by atoms with Gasteiger partial charge in [-0.3, -0.25) is 4.98 Å². The summed E-state index contributed by atoms with van der Waals surface area (Å²) in [5, 5.41) is -0.226. The summed E-state index contributed by atoms with van der Waals surface area (Å²) in [6, 6.07) is 6.83. The molecule has 2 aromatic rings. The van der Waals surface area contributed by atoms with Crippen molar-refractivity contribution < 1.29 is 25.3 Å². The van der Waals surface area contributed by atoms with Crippen molar-refractivity contribution in [2.45, 2.75) is 23.5 Å². The van der Waals surface area contributed by atoms with Crippen molar-refractivity contribution in [2.24, 2.45) is 0 Å². The Morgan fingerprint density at radius 3 is 2.33 bits per heavy atom. The Bertz CT molecular complexity index is 1300. The lowest BCUT2D eigenvalue weighted by Crippen LogP contribution is -2.52. The summed E-state index contributed by atoms with van der Waals surface area (Å²) in [7, 11) is -11.0. The van der Waals surface area contributed by atoms with Gasteiger partial charge in [-0.25, -0.2) is 25.3 Å². The lowest BCUT2D eigenvalue weighted by molar-refractivity contribution is 0.271. The smallest absolute Gasteiger partial charge is 0.245 e. The molecule has 0 spiro atoms. The first-order valence-electron chi connectivity index (χ1n) is 9.56. The highest BCUT2D eigenvalue weighted by Crippen LogP contribution is 2.27. The van der Waals surface area contributed by atoms with Crippen molar-refractivity contribution >= 4 is 40.8 Å². The first-order chi connectivity index (χ1) is 14.0. The summed E-state index contributed by atoms with van der Waals surface area (Å²) in [5.41, 5.74) is 1.30. The van der Waals surface area contributed by atoms with Gasteiger partial charge in [-0.1, -0.05) is 12.1 Å². The van der Waals surface area contributed by atoms with Crippen LogP contribution in [0.3, 0.4) is 0 Å². The molecule has 0 N–H and O–H groups in total. The third kappa shape index (κ3) is 3.86. The fourth-order valence-corrected chi connectivity index (χ4v) is 10.1. The van der Waals surface area contributed by atoms with Crippen LogP contribution in [0.25, 0.3) is 10.9 Å². The van der Waals surface area contributed by atoms with Gasteiger partial charge in [0, 0.05) is 37.8 Å². The molecule has 9 nitrogen and oxygen atoms in total. The van der Waals surface area contributed by atoms with Crippen LogP contribution < -0.4 is 0 Å². The van der Waals surface area contributed by atoms with Gasteiger partial charge in [0.25, 0.3) is 0 Å². The molecular weight excluding hydrogens is 450 g/mol. The van der Waals surface area contributed by atoms with Gasteiger partial charge in [0.05, 0.1) is 22.3 Å². The van der Waals surface area contributed by atoms with Crippen molar-refractivity contribution in [3.63, 3.8) is 0 Å². The van der Waals surface area contributed by atoms with E-state index in [1.165, 1.54) is 14.7 Å². The SMILES string of the molecule is Cc1cnc2c(S(=O)(=O)N3CCN(S(=O)(=O)C4CCS(=O)(=O)C4)CC3)cccc2c1. The number of pyridine rings is 1. The number of rotatable bonds is 4. The van der Waals surface area contributed by atoms with Crippen molar-refractivity contribution in [1.29, 1.82) is 0 Å². The fraction of sp³-hybridized carbons (Fsp3) is 0.500. The van der Waals surface area contributed by atoms with E-state index in [9.17, 15) is 25.3 Å². The first-order valence-corrected chi connectivity index (χ1v) is 14.3. The number of fused-ring (bicyclic) bond motifs is 1. The van der Waals surface area contributed by atoms with E-state index in [0.29, 0.717) is 5.52 Å². The molecule has 30 heavy (non-hydrogen) atoms. The van der Waals surface area contributed by atoms with E-state index in [2.05, 4.69) is 4.98 Å². The predicted molar refractivity (Wildman–Crippen MR) is 113 cm³/mol. The lowest BCUT2D eigenvalue weighted by atomic mass is 10.2. The molecule has 0 amide bonds. The molecule has 0 aliphatic carbocycles. The molecule has 2 saturated heterocycles. The Kier molecular flexibility index (Phi) is 5.42. The molecule has 4 rings (SSSR count). The van der Waals surface area contributed by atoms with Crippen LogP contribution >= 0.6 is 0 Å². The Morgan fingerprint density at radius 2 is 1.70 bits per heavy atom. The molecule has 1 unspecified atom stereocenters. The third-order valence-electron chi connectivity index (χ3n) is 5.60. The van der Waals surface area contributed by atoms with Gasteiger partial charge < -0.3 is 0 Å². The number of piperazine rings is 1. The summed E-state index contributed by atoms with van der Waals surface area (Å²) in [5.74, 6) is -0.492. The number of aryl methyl sites for hydroxylation is 1. The Balaban J connectivity index is 1.54. The molecule has 12 heteroatoms. The zero-order chi connectivity index (χ0) is 21.7. The summed E-state index contributed by atoms with van der Waals surface area (Å²) in [4.78, 5) is 4.39. The third-order valence-corrected chi connectivity index (χ3v) is 11.8. The average Bonchev–Trinajstić information content (AvgIpc) is 3.08. The van der Waals surface area contributed by atoms with Crippen LogP contribution in [0.1, 0.15) is 12.0 Å². The van der Waals surface area contributed by atoms with E-state index in [1.54, 1.807) is 18.3 Å². The maximum Gasteiger partial charge on any atom is 0.245 e. The maximum absolute atomic E-state index is 13.2. The van der Waals surface area contributed by atoms with E-state index in [1.807, 2.05) is 13.0 Å². The lowest BCUT2D eigenvalue weighted by Gasteiger charge is -2.34. The van der Waals surface area contributed by atoms with E-state index in [0.717, 1.165) is 10.9 Å². The Morgan fingerprint density at radius 1 is 1.03 bits per heavy atom. The molecule has 0 saturated carbocycles. The highest BCUT2D eigenvalue weighted by atomic mass is 32.2. The number of hydrogen-bond acceptors (Lipinski definition) is 7. The van der Waals surface area contributed by atoms with Gasteiger partial charge >= 0.3 is 0 Å². The number of sulfone groups is 1. The van der Waals surface area contributed by atoms with E-state index < -0.39 is 35.1 Å². The van der Waals surface area contributed by atoms with Crippen LogP contribution in [0.15, 0.2) is 35.4 Å². The van der Waals surface area contributed by atoms with Gasteiger partial charge in [-0.2, -0.15) is 8.61 Å². The summed E-state index contributed by atoms with van der Waals surface area (Å²) in [6.07, 6.45) is 1.70. The molecular formula is C18H23N3O6S3. The van der Waals surface area contributed by atoms with Crippen LogP contribution in [0, 0.1) is 6.92 Å². The Hall–Kier alpha value is -1.60. The van der Waals surface area contributed by atoms with Crippen LogP contribution in [0.5, 0.6) is 0 Å². The van der Waals surface area contributed by atoms with Crippen LogP contribution in [0.4, 0.5) is 0 Å². The van der Waals surface area contributed by atoms with E-state index >= 15 is 0 Å². The highest BCUT2D eigenvalue weighted by Gasteiger charge is 2.42. The fourth-order valence-electron chi connectivity index (χ4n) is 3.96. The number of para-hydroxylation sites is 1.